The predicted molar refractivity (Wildman–Crippen MR) is 146 cm³/mol. The third-order valence-electron chi connectivity index (χ3n) is 6.16. The second-order valence-corrected chi connectivity index (χ2v) is 23.1. The van der Waals surface area contributed by atoms with Gasteiger partial charge in [-0.1, -0.05) is 12.1 Å². The van der Waals surface area contributed by atoms with Crippen molar-refractivity contribution >= 4 is 25.8 Å². The molecule has 2 aromatic carbocycles. The zero-order chi connectivity index (χ0) is 25.9. The molecule has 2 aromatic rings. The summed E-state index contributed by atoms with van der Waals surface area (Å²) in [5, 5.41) is 15.8. The number of amides is 2. The van der Waals surface area contributed by atoms with Gasteiger partial charge in [-0.05, 0) is 97.5 Å². The molecule has 2 amide bonds. The first-order chi connectivity index (χ1) is 16.1. The Hall–Kier alpha value is -2.55. The molecule has 0 spiro atoms. The Bertz CT molecular complexity index is 1050. The van der Waals surface area contributed by atoms with Crippen LogP contribution in [0.2, 0.25) is 0 Å². The molecule has 0 aliphatic carbocycles. The highest BCUT2D eigenvalue weighted by molar-refractivity contribution is 8.62. The second kappa shape index (κ2) is 9.48. The van der Waals surface area contributed by atoms with Crippen LogP contribution in [0, 0.1) is 0 Å². The molecule has 0 aromatic heterocycles. The Balaban J connectivity index is 1.77. The summed E-state index contributed by atoms with van der Waals surface area (Å²) in [5.74, 6) is 0.0903. The molecular weight excluding hydrogens is 462 g/mol. The number of piperidine rings is 1. The summed E-state index contributed by atoms with van der Waals surface area (Å²) in [7, 11) is -0.762. The van der Waals surface area contributed by atoms with E-state index in [-0.39, 0.29) is 18.4 Å². The van der Waals surface area contributed by atoms with Crippen LogP contribution in [0.4, 0.5) is 5.69 Å². The Kier molecular flexibility index (Phi) is 7.33. The highest BCUT2D eigenvalue weighted by atomic mass is 32.4. The summed E-state index contributed by atoms with van der Waals surface area (Å²) in [6, 6.07) is 14.2. The minimum absolute atomic E-state index is 0.135. The molecule has 0 saturated carbocycles. The fourth-order valence-electron chi connectivity index (χ4n) is 4.11. The van der Waals surface area contributed by atoms with E-state index in [4.69, 9.17) is 4.74 Å². The van der Waals surface area contributed by atoms with Crippen molar-refractivity contribution in [3.05, 3.63) is 54.1 Å². The SMILES string of the molecule is COc1ccc(C(NC(=O)CN2CCCC(O)C2)C(=O)Nc2ccc(S(C)(C)(C)(C)C)cc2)cc1. The van der Waals surface area contributed by atoms with Crippen LogP contribution in [0.1, 0.15) is 24.4 Å². The van der Waals surface area contributed by atoms with Gasteiger partial charge in [-0.25, -0.2) is 0 Å². The van der Waals surface area contributed by atoms with E-state index < -0.39 is 20.4 Å². The molecule has 1 aliphatic heterocycles. The quantitative estimate of drug-likeness (QED) is 0.514. The van der Waals surface area contributed by atoms with Gasteiger partial charge in [-0.3, -0.25) is 22.8 Å². The number of rotatable bonds is 8. The Labute approximate surface area is 208 Å². The van der Waals surface area contributed by atoms with Crippen molar-refractivity contribution < 1.29 is 19.4 Å². The van der Waals surface area contributed by atoms with Crippen molar-refractivity contribution in [2.45, 2.75) is 29.9 Å². The number of nitrogens with one attached hydrogen (secondary N) is 2. The first-order valence-electron chi connectivity index (χ1n) is 11.9. The van der Waals surface area contributed by atoms with Gasteiger partial charge in [0.2, 0.25) is 5.91 Å². The fourth-order valence-corrected chi connectivity index (χ4v) is 5.61. The van der Waals surface area contributed by atoms with Gasteiger partial charge < -0.3 is 20.5 Å². The lowest BCUT2D eigenvalue weighted by Gasteiger charge is -2.66. The van der Waals surface area contributed by atoms with Gasteiger partial charge in [0.25, 0.3) is 5.91 Å². The second-order valence-electron chi connectivity index (χ2n) is 12.4. The fraction of sp³-hybridized carbons (Fsp3) is 0.481. The van der Waals surface area contributed by atoms with Crippen LogP contribution in [-0.2, 0) is 9.59 Å². The van der Waals surface area contributed by atoms with Gasteiger partial charge in [0.1, 0.15) is 11.8 Å². The van der Waals surface area contributed by atoms with E-state index in [0.717, 1.165) is 19.4 Å². The molecule has 1 heterocycles. The number of ether oxygens (including phenoxy) is 1. The van der Waals surface area contributed by atoms with Crippen LogP contribution >= 0.6 is 8.29 Å². The lowest BCUT2D eigenvalue weighted by atomic mass is 10.1. The van der Waals surface area contributed by atoms with E-state index >= 15 is 0 Å². The number of methoxy groups -OCH3 is 1. The lowest BCUT2D eigenvalue weighted by Crippen LogP contribution is -2.46. The highest BCUT2D eigenvalue weighted by Crippen LogP contribution is 2.81. The van der Waals surface area contributed by atoms with Crippen LogP contribution in [-0.4, -0.2) is 85.9 Å². The number of likely N-dealkylation sites (tertiary alicyclic amines) is 1. The summed E-state index contributed by atoms with van der Waals surface area (Å²) >= 11 is 0. The van der Waals surface area contributed by atoms with Crippen molar-refractivity contribution in [3.8, 4) is 5.75 Å². The van der Waals surface area contributed by atoms with E-state index in [2.05, 4.69) is 54.0 Å². The summed E-state index contributed by atoms with van der Waals surface area (Å²) in [5.41, 5.74) is 1.33. The number of hydrogen-bond acceptors (Lipinski definition) is 5. The molecule has 35 heavy (non-hydrogen) atoms. The molecule has 0 radical (unpaired) electrons. The van der Waals surface area contributed by atoms with E-state index in [0.29, 0.717) is 23.5 Å². The molecule has 7 nitrogen and oxygen atoms in total. The molecular formula is C27H41N3O4S. The topological polar surface area (TPSA) is 90.9 Å². The normalized spacial score (nSPS) is 19.7. The predicted octanol–water partition coefficient (Wildman–Crippen LogP) is 3.33. The average molecular weight is 504 g/mol. The highest BCUT2D eigenvalue weighted by Gasteiger charge is 2.38. The van der Waals surface area contributed by atoms with Gasteiger partial charge >= 0.3 is 0 Å². The third kappa shape index (κ3) is 7.72. The van der Waals surface area contributed by atoms with Crippen LogP contribution in [0.15, 0.2) is 53.4 Å². The first kappa shape index (κ1) is 27.0. The molecule has 194 valence electrons. The number of benzene rings is 2. The van der Waals surface area contributed by atoms with Crippen LogP contribution in [0.5, 0.6) is 5.75 Å². The maximum atomic E-state index is 13.4. The maximum Gasteiger partial charge on any atom is 0.251 e. The molecule has 1 saturated heterocycles. The van der Waals surface area contributed by atoms with Gasteiger partial charge in [0, 0.05) is 12.2 Å². The molecule has 2 unspecified atom stereocenters. The zero-order valence-corrected chi connectivity index (χ0v) is 22.7. The van der Waals surface area contributed by atoms with E-state index in [1.807, 2.05) is 17.0 Å². The van der Waals surface area contributed by atoms with Crippen molar-refractivity contribution in [1.82, 2.24) is 10.2 Å². The average Bonchev–Trinajstić information content (AvgIpc) is 2.76. The summed E-state index contributed by atoms with van der Waals surface area (Å²) < 4.78 is 5.24. The molecule has 8 heteroatoms. The number of carbonyl (C=O) groups is 2. The maximum absolute atomic E-state index is 13.4. The third-order valence-corrected chi connectivity index (χ3v) is 8.79. The summed E-state index contributed by atoms with van der Waals surface area (Å²) in [6.45, 7) is 1.35. The summed E-state index contributed by atoms with van der Waals surface area (Å²) in [6.07, 6.45) is 12.7. The molecule has 0 bridgehead atoms. The zero-order valence-electron chi connectivity index (χ0n) is 21.8. The Morgan fingerprint density at radius 3 is 2.23 bits per heavy atom. The number of nitrogens with zero attached hydrogens (tertiary/aromatic N) is 1. The van der Waals surface area contributed by atoms with Crippen molar-refractivity contribution in [1.29, 1.82) is 0 Å². The standard InChI is InChI=1S/C27H41N3O4S/c1-34-23-13-9-20(10-14-23)26(29-25(32)19-30-17-7-8-22(31)18-30)27(33)28-21-11-15-24(16-12-21)35(2,3,4,5)6/h9-16,22,26,31H,7-8,17-19H2,1-6H3,(H,28,33)(H,29,32). The molecule has 1 fully saturated rings. The number of anilines is 1. The van der Waals surface area contributed by atoms with Crippen LogP contribution < -0.4 is 15.4 Å². The van der Waals surface area contributed by atoms with Crippen molar-refractivity contribution in [3.63, 3.8) is 0 Å². The van der Waals surface area contributed by atoms with Gasteiger partial charge in [0.05, 0.1) is 19.8 Å². The lowest BCUT2D eigenvalue weighted by molar-refractivity contribution is -0.127. The summed E-state index contributed by atoms with van der Waals surface area (Å²) in [4.78, 5) is 29.4. The van der Waals surface area contributed by atoms with Crippen molar-refractivity contribution in [2.75, 3.05) is 63.3 Å². The van der Waals surface area contributed by atoms with E-state index in [1.54, 1.807) is 31.4 Å². The Morgan fingerprint density at radius 2 is 1.69 bits per heavy atom. The molecule has 2 atom stereocenters. The largest absolute Gasteiger partial charge is 0.497 e. The molecule has 1 aliphatic rings. The number of β-amino-alcohol motifs (C(OH)–C–C–N with tert-alkyl or cyclic N) is 1. The molecule has 3 N–H and O–H groups in total. The number of aliphatic hydroxyl groups is 1. The Morgan fingerprint density at radius 1 is 1.06 bits per heavy atom. The van der Waals surface area contributed by atoms with E-state index in [1.165, 1.54) is 4.90 Å². The van der Waals surface area contributed by atoms with Crippen LogP contribution in [0.3, 0.4) is 0 Å². The monoisotopic (exact) mass is 503 g/mol. The van der Waals surface area contributed by atoms with Crippen molar-refractivity contribution in [2.24, 2.45) is 0 Å². The van der Waals surface area contributed by atoms with E-state index in [9.17, 15) is 14.7 Å². The minimum Gasteiger partial charge on any atom is -0.497 e. The minimum atomic E-state index is -2.34. The number of hydrogen-bond donors (Lipinski definition) is 3. The number of carbonyl (C=O) groups excluding carboxylic acids is 2. The van der Waals surface area contributed by atoms with Gasteiger partial charge in [-0.2, -0.15) is 0 Å². The van der Waals surface area contributed by atoms with Crippen LogP contribution in [0.25, 0.3) is 0 Å². The molecule has 3 rings (SSSR count). The number of aliphatic hydroxyl groups excluding tert-OH is 1. The smallest absolute Gasteiger partial charge is 0.251 e. The van der Waals surface area contributed by atoms with Gasteiger partial charge in [0.15, 0.2) is 0 Å². The van der Waals surface area contributed by atoms with Gasteiger partial charge in [-0.15, -0.1) is 0 Å². The first-order valence-corrected chi connectivity index (χ1v) is 16.4.